The standard InChI is InChI=1S/C11H19BrO6/c1-7(5-13)18-10(15)16-6-8(2)17-9(14)11(3,4)12/h7-8,13H,5-6H2,1-4H3. The third kappa shape index (κ3) is 7.50. The van der Waals surface area contributed by atoms with E-state index in [1.54, 1.807) is 20.8 Å². The molecular formula is C11H19BrO6. The maximum Gasteiger partial charge on any atom is 0.508 e. The number of aliphatic hydroxyl groups is 1. The number of hydrogen-bond acceptors (Lipinski definition) is 6. The lowest BCUT2D eigenvalue weighted by Gasteiger charge is -2.19. The molecular weight excluding hydrogens is 308 g/mol. The van der Waals surface area contributed by atoms with Crippen molar-refractivity contribution in [1.29, 1.82) is 0 Å². The van der Waals surface area contributed by atoms with Crippen LogP contribution in [0.4, 0.5) is 4.79 Å². The lowest BCUT2D eigenvalue weighted by Crippen LogP contribution is -2.32. The van der Waals surface area contributed by atoms with Crippen LogP contribution in [0, 0.1) is 0 Å². The Balaban J connectivity index is 3.94. The average molecular weight is 327 g/mol. The highest BCUT2D eigenvalue weighted by molar-refractivity contribution is 9.10. The van der Waals surface area contributed by atoms with Gasteiger partial charge in [-0.15, -0.1) is 0 Å². The summed E-state index contributed by atoms with van der Waals surface area (Å²) in [7, 11) is 0. The summed E-state index contributed by atoms with van der Waals surface area (Å²) in [5.41, 5.74) is 0. The number of carbonyl (C=O) groups is 2. The monoisotopic (exact) mass is 326 g/mol. The third-order valence-corrected chi connectivity index (χ3v) is 2.11. The SMILES string of the molecule is CC(CO)OC(=O)OCC(C)OC(=O)C(C)(C)Br. The van der Waals surface area contributed by atoms with Crippen molar-refractivity contribution in [3.8, 4) is 0 Å². The van der Waals surface area contributed by atoms with Crippen LogP contribution in [0.2, 0.25) is 0 Å². The third-order valence-electron chi connectivity index (χ3n) is 1.78. The van der Waals surface area contributed by atoms with Gasteiger partial charge in [0.05, 0.1) is 6.61 Å². The van der Waals surface area contributed by atoms with Crippen molar-refractivity contribution < 1.29 is 28.9 Å². The van der Waals surface area contributed by atoms with Gasteiger partial charge in [-0.1, -0.05) is 15.9 Å². The van der Waals surface area contributed by atoms with Gasteiger partial charge in [0.25, 0.3) is 0 Å². The summed E-state index contributed by atoms with van der Waals surface area (Å²) in [4.78, 5) is 22.6. The summed E-state index contributed by atoms with van der Waals surface area (Å²) in [5.74, 6) is -0.448. The normalized spacial score (nSPS) is 14.6. The first kappa shape index (κ1) is 17.2. The maximum atomic E-state index is 11.5. The Morgan fingerprint density at radius 2 is 1.78 bits per heavy atom. The predicted molar refractivity (Wildman–Crippen MR) is 67.5 cm³/mol. The molecule has 0 amide bonds. The molecule has 0 bridgehead atoms. The van der Waals surface area contributed by atoms with Gasteiger partial charge in [-0.3, -0.25) is 4.79 Å². The smallest absolute Gasteiger partial charge is 0.458 e. The fourth-order valence-electron chi connectivity index (χ4n) is 0.778. The molecule has 106 valence electrons. The second-order valence-electron chi connectivity index (χ2n) is 4.36. The van der Waals surface area contributed by atoms with Crippen molar-refractivity contribution in [2.24, 2.45) is 0 Å². The summed E-state index contributed by atoms with van der Waals surface area (Å²) >= 11 is 3.16. The van der Waals surface area contributed by atoms with Gasteiger partial charge in [0.2, 0.25) is 0 Å². The molecule has 7 heteroatoms. The molecule has 0 saturated carbocycles. The molecule has 0 aliphatic carbocycles. The van der Waals surface area contributed by atoms with E-state index < -0.39 is 28.7 Å². The summed E-state index contributed by atoms with van der Waals surface area (Å²) in [6.45, 7) is 6.04. The molecule has 1 N–H and O–H groups in total. The summed E-state index contributed by atoms with van der Waals surface area (Å²) < 4.78 is 13.6. The van der Waals surface area contributed by atoms with Gasteiger partial charge >= 0.3 is 12.1 Å². The van der Waals surface area contributed by atoms with Gasteiger partial charge in [0, 0.05) is 0 Å². The van der Waals surface area contributed by atoms with Crippen LogP contribution >= 0.6 is 15.9 Å². The zero-order chi connectivity index (χ0) is 14.3. The van der Waals surface area contributed by atoms with Crippen LogP contribution in [0.3, 0.4) is 0 Å². The molecule has 2 atom stereocenters. The van der Waals surface area contributed by atoms with E-state index in [2.05, 4.69) is 20.7 Å². The zero-order valence-electron chi connectivity index (χ0n) is 10.9. The Morgan fingerprint density at radius 1 is 1.22 bits per heavy atom. The van der Waals surface area contributed by atoms with E-state index >= 15 is 0 Å². The van der Waals surface area contributed by atoms with Gasteiger partial charge in [0.1, 0.15) is 23.1 Å². The van der Waals surface area contributed by atoms with Crippen LogP contribution in [0.15, 0.2) is 0 Å². The minimum absolute atomic E-state index is 0.105. The van der Waals surface area contributed by atoms with E-state index in [9.17, 15) is 9.59 Å². The van der Waals surface area contributed by atoms with Gasteiger partial charge in [0.15, 0.2) is 0 Å². The fourth-order valence-corrected chi connectivity index (χ4v) is 0.871. The van der Waals surface area contributed by atoms with Crippen LogP contribution in [0.25, 0.3) is 0 Å². The predicted octanol–water partition coefficient (Wildman–Crippen LogP) is 1.63. The van der Waals surface area contributed by atoms with Crippen molar-refractivity contribution in [3.63, 3.8) is 0 Å². The number of halogens is 1. The molecule has 6 nitrogen and oxygen atoms in total. The van der Waals surface area contributed by atoms with Crippen LogP contribution in [0.5, 0.6) is 0 Å². The zero-order valence-corrected chi connectivity index (χ0v) is 12.5. The molecule has 0 aromatic rings. The molecule has 0 heterocycles. The highest BCUT2D eigenvalue weighted by Crippen LogP contribution is 2.18. The van der Waals surface area contributed by atoms with Gasteiger partial charge in [-0.05, 0) is 27.7 Å². The number of rotatable bonds is 6. The minimum atomic E-state index is -0.905. The summed E-state index contributed by atoms with van der Waals surface area (Å²) in [6, 6.07) is 0. The van der Waals surface area contributed by atoms with E-state index in [-0.39, 0.29) is 13.2 Å². The van der Waals surface area contributed by atoms with Crippen molar-refractivity contribution in [3.05, 3.63) is 0 Å². The summed E-state index contributed by atoms with van der Waals surface area (Å²) in [6.07, 6.45) is -2.11. The number of hydrogen-bond donors (Lipinski definition) is 1. The molecule has 0 aliphatic heterocycles. The fraction of sp³-hybridized carbons (Fsp3) is 0.818. The van der Waals surface area contributed by atoms with Gasteiger partial charge in [-0.2, -0.15) is 0 Å². The molecule has 0 spiro atoms. The van der Waals surface area contributed by atoms with E-state index in [1.165, 1.54) is 6.92 Å². The number of esters is 1. The van der Waals surface area contributed by atoms with Crippen molar-refractivity contribution in [2.45, 2.75) is 44.2 Å². The number of carbonyl (C=O) groups excluding carboxylic acids is 2. The molecule has 0 radical (unpaired) electrons. The Bertz CT molecular complexity index is 286. The van der Waals surface area contributed by atoms with Crippen molar-refractivity contribution in [1.82, 2.24) is 0 Å². The Hall–Kier alpha value is -0.820. The molecule has 2 unspecified atom stereocenters. The van der Waals surface area contributed by atoms with Crippen LogP contribution in [-0.2, 0) is 19.0 Å². The molecule has 0 rings (SSSR count). The number of ether oxygens (including phenoxy) is 3. The minimum Gasteiger partial charge on any atom is -0.458 e. The van der Waals surface area contributed by atoms with E-state index in [0.29, 0.717) is 0 Å². The highest BCUT2D eigenvalue weighted by Gasteiger charge is 2.27. The second kappa shape index (κ2) is 7.58. The van der Waals surface area contributed by atoms with E-state index in [1.807, 2.05) is 0 Å². The van der Waals surface area contributed by atoms with E-state index in [4.69, 9.17) is 14.6 Å². The molecule has 0 fully saturated rings. The van der Waals surface area contributed by atoms with Crippen LogP contribution in [0.1, 0.15) is 27.7 Å². The first-order valence-corrected chi connectivity index (χ1v) is 6.30. The maximum absolute atomic E-state index is 11.5. The second-order valence-corrected chi connectivity index (χ2v) is 6.34. The Kier molecular flexibility index (Phi) is 7.23. The first-order valence-electron chi connectivity index (χ1n) is 5.51. The number of alkyl halides is 1. The van der Waals surface area contributed by atoms with Crippen LogP contribution < -0.4 is 0 Å². The number of aliphatic hydroxyl groups excluding tert-OH is 1. The largest absolute Gasteiger partial charge is 0.508 e. The molecule has 0 aromatic heterocycles. The molecule has 0 saturated heterocycles. The van der Waals surface area contributed by atoms with Crippen LogP contribution in [-0.4, -0.2) is 47.0 Å². The van der Waals surface area contributed by atoms with Gasteiger partial charge in [-0.25, -0.2) is 4.79 Å². The lowest BCUT2D eigenvalue weighted by molar-refractivity contribution is -0.152. The van der Waals surface area contributed by atoms with E-state index in [0.717, 1.165) is 0 Å². The molecule has 0 aliphatic rings. The quantitative estimate of drug-likeness (QED) is 0.590. The lowest BCUT2D eigenvalue weighted by atomic mass is 10.2. The Morgan fingerprint density at radius 3 is 2.22 bits per heavy atom. The van der Waals surface area contributed by atoms with Crippen molar-refractivity contribution >= 4 is 28.1 Å². The first-order chi connectivity index (χ1) is 8.16. The van der Waals surface area contributed by atoms with Crippen molar-refractivity contribution in [2.75, 3.05) is 13.2 Å². The average Bonchev–Trinajstić information content (AvgIpc) is 2.24. The van der Waals surface area contributed by atoms with Gasteiger partial charge < -0.3 is 19.3 Å². The highest BCUT2D eigenvalue weighted by atomic mass is 79.9. The topological polar surface area (TPSA) is 82.1 Å². The molecule has 0 aromatic carbocycles. The Labute approximate surface area is 115 Å². The summed E-state index contributed by atoms with van der Waals surface area (Å²) in [5, 5.41) is 8.66. The molecule has 18 heavy (non-hydrogen) atoms.